The van der Waals surface area contributed by atoms with Crippen molar-refractivity contribution in [1.29, 1.82) is 0 Å². The number of nitrogens with zero attached hydrogens (tertiary/aromatic N) is 2. The molecule has 0 amide bonds. The Morgan fingerprint density at radius 1 is 1.43 bits per heavy atom. The number of carboxylic acids is 1. The second kappa shape index (κ2) is 6.62. The molecule has 1 heterocycles. The Hall–Kier alpha value is -2.02. The smallest absolute Gasteiger partial charge is 0.314 e. The molecule has 0 aliphatic carbocycles. The molecule has 1 atom stereocenters. The van der Waals surface area contributed by atoms with Crippen LogP contribution in [0.1, 0.15) is 17.3 Å². The molecule has 1 unspecified atom stereocenters. The Kier molecular flexibility index (Phi) is 4.85. The summed E-state index contributed by atoms with van der Waals surface area (Å²) in [5.74, 6) is -1.94. The Bertz CT molecular complexity index is 649. The van der Waals surface area contributed by atoms with Crippen molar-refractivity contribution in [2.75, 3.05) is 7.11 Å². The largest absolute Gasteiger partial charge is 0.481 e. The maximum atomic E-state index is 12.9. The summed E-state index contributed by atoms with van der Waals surface area (Å²) < 4.78 is 18.5. The van der Waals surface area contributed by atoms with E-state index in [1.807, 2.05) is 0 Å². The number of hydrogen-bond donors (Lipinski definition) is 1. The van der Waals surface area contributed by atoms with Crippen LogP contribution in [-0.4, -0.2) is 28.2 Å². The molecule has 0 aliphatic heterocycles. The lowest BCUT2D eigenvalue weighted by atomic mass is 9.98. The van der Waals surface area contributed by atoms with Crippen molar-refractivity contribution < 1.29 is 19.0 Å². The van der Waals surface area contributed by atoms with Crippen molar-refractivity contribution in [2.24, 2.45) is 0 Å². The Morgan fingerprint density at radius 3 is 2.67 bits per heavy atom. The zero-order chi connectivity index (χ0) is 15.4. The van der Waals surface area contributed by atoms with Crippen LogP contribution in [0.2, 0.25) is 0 Å². The van der Waals surface area contributed by atoms with E-state index < -0.39 is 11.9 Å². The number of carbonyl (C=O) groups is 1. The lowest BCUT2D eigenvalue weighted by Gasteiger charge is -2.12. The lowest BCUT2D eigenvalue weighted by molar-refractivity contribution is -0.139. The van der Waals surface area contributed by atoms with Gasteiger partial charge in [0.15, 0.2) is 0 Å². The van der Waals surface area contributed by atoms with Crippen molar-refractivity contribution in [3.63, 3.8) is 0 Å². The van der Waals surface area contributed by atoms with Gasteiger partial charge in [-0.05, 0) is 40.0 Å². The first-order valence-electron chi connectivity index (χ1n) is 6.05. The Balaban J connectivity index is 2.30. The quantitative estimate of drug-likeness (QED) is 0.893. The molecule has 1 N–H and O–H groups in total. The minimum absolute atomic E-state index is 0.145. The number of rotatable bonds is 5. The van der Waals surface area contributed by atoms with Crippen molar-refractivity contribution >= 4 is 21.9 Å². The average molecular weight is 355 g/mol. The van der Waals surface area contributed by atoms with Crippen molar-refractivity contribution in [3.05, 3.63) is 52.1 Å². The van der Waals surface area contributed by atoms with Gasteiger partial charge in [0, 0.05) is 6.20 Å². The van der Waals surface area contributed by atoms with E-state index in [-0.39, 0.29) is 23.9 Å². The topological polar surface area (TPSA) is 72.3 Å². The van der Waals surface area contributed by atoms with Crippen LogP contribution in [0.5, 0.6) is 5.88 Å². The van der Waals surface area contributed by atoms with Gasteiger partial charge in [0.1, 0.15) is 17.6 Å². The highest BCUT2D eigenvalue weighted by Gasteiger charge is 2.24. The number of hydrogen-bond acceptors (Lipinski definition) is 4. The SMILES string of the molecule is COc1nc(C(Cc2ccc(F)cc2)C(=O)O)ncc1Br. The second-order valence-electron chi connectivity index (χ2n) is 4.31. The fourth-order valence-corrected chi connectivity index (χ4v) is 2.17. The van der Waals surface area contributed by atoms with Gasteiger partial charge in [-0.3, -0.25) is 4.79 Å². The number of aromatic nitrogens is 2. The molecule has 21 heavy (non-hydrogen) atoms. The molecule has 7 heteroatoms. The first kappa shape index (κ1) is 15.4. The van der Waals surface area contributed by atoms with Crippen LogP contribution in [-0.2, 0) is 11.2 Å². The third-order valence-electron chi connectivity index (χ3n) is 2.89. The first-order valence-corrected chi connectivity index (χ1v) is 6.84. The highest BCUT2D eigenvalue weighted by molar-refractivity contribution is 9.10. The van der Waals surface area contributed by atoms with E-state index in [2.05, 4.69) is 25.9 Å². The lowest BCUT2D eigenvalue weighted by Crippen LogP contribution is -2.17. The van der Waals surface area contributed by atoms with Crippen molar-refractivity contribution in [1.82, 2.24) is 9.97 Å². The van der Waals surface area contributed by atoms with Crippen LogP contribution >= 0.6 is 15.9 Å². The zero-order valence-electron chi connectivity index (χ0n) is 11.1. The molecule has 0 spiro atoms. The minimum Gasteiger partial charge on any atom is -0.481 e. The molecule has 0 bridgehead atoms. The van der Waals surface area contributed by atoms with Crippen LogP contribution in [0.25, 0.3) is 0 Å². The third kappa shape index (κ3) is 3.75. The van der Waals surface area contributed by atoms with E-state index in [1.54, 1.807) is 12.1 Å². The second-order valence-corrected chi connectivity index (χ2v) is 5.16. The van der Waals surface area contributed by atoms with E-state index in [0.29, 0.717) is 10.0 Å². The summed E-state index contributed by atoms with van der Waals surface area (Å²) in [5.41, 5.74) is 0.689. The van der Waals surface area contributed by atoms with Crippen molar-refractivity contribution in [3.8, 4) is 5.88 Å². The summed E-state index contributed by atoms with van der Waals surface area (Å²) in [6, 6.07) is 5.66. The average Bonchev–Trinajstić information content (AvgIpc) is 2.47. The molecule has 0 saturated carbocycles. The molecule has 1 aromatic heterocycles. The fraction of sp³-hybridized carbons (Fsp3) is 0.214. The predicted molar refractivity (Wildman–Crippen MR) is 76.8 cm³/mol. The molecular formula is C14H12BrFN2O3. The van der Waals surface area contributed by atoms with Gasteiger partial charge in [0.25, 0.3) is 0 Å². The van der Waals surface area contributed by atoms with Crippen LogP contribution in [0, 0.1) is 5.82 Å². The normalized spacial score (nSPS) is 12.0. The summed E-state index contributed by atoms with van der Waals surface area (Å²) in [6.07, 6.45) is 1.61. The maximum absolute atomic E-state index is 12.9. The summed E-state index contributed by atoms with van der Waals surface area (Å²) in [5, 5.41) is 9.37. The summed E-state index contributed by atoms with van der Waals surface area (Å²) in [4.78, 5) is 19.6. The van der Waals surface area contributed by atoms with Gasteiger partial charge in [-0.2, -0.15) is 4.98 Å². The minimum atomic E-state index is -1.05. The van der Waals surface area contributed by atoms with Crippen LogP contribution in [0.3, 0.4) is 0 Å². The predicted octanol–water partition coefficient (Wildman–Crippen LogP) is 2.80. The van der Waals surface area contributed by atoms with E-state index in [1.165, 1.54) is 25.4 Å². The van der Waals surface area contributed by atoms with Gasteiger partial charge < -0.3 is 9.84 Å². The van der Waals surface area contributed by atoms with Gasteiger partial charge in [-0.25, -0.2) is 9.37 Å². The zero-order valence-corrected chi connectivity index (χ0v) is 12.7. The van der Waals surface area contributed by atoms with Crippen LogP contribution in [0.15, 0.2) is 34.9 Å². The van der Waals surface area contributed by atoms with E-state index in [0.717, 1.165) is 0 Å². The highest BCUT2D eigenvalue weighted by atomic mass is 79.9. The highest BCUT2D eigenvalue weighted by Crippen LogP contribution is 2.25. The maximum Gasteiger partial charge on any atom is 0.314 e. The number of carboxylic acid groups (broad SMARTS) is 1. The Morgan fingerprint density at radius 2 is 2.10 bits per heavy atom. The fourth-order valence-electron chi connectivity index (χ4n) is 1.82. The number of benzene rings is 1. The molecule has 2 rings (SSSR count). The summed E-state index contributed by atoms with van der Waals surface area (Å²) >= 11 is 3.21. The van der Waals surface area contributed by atoms with Crippen molar-refractivity contribution in [2.45, 2.75) is 12.3 Å². The van der Waals surface area contributed by atoms with Gasteiger partial charge in [-0.15, -0.1) is 0 Å². The van der Waals surface area contributed by atoms with E-state index in [9.17, 15) is 14.3 Å². The molecule has 2 aromatic rings. The van der Waals surface area contributed by atoms with Gasteiger partial charge >= 0.3 is 5.97 Å². The molecule has 0 fully saturated rings. The number of halogens is 2. The van der Waals surface area contributed by atoms with Crippen LogP contribution < -0.4 is 4.74 Å². The van der Waals surface area contributed by atoms with Gasteiger partial charge in [0.2, 0.25) is 5.88 Å². The molecule has 5 nitrogen and oxygen atoms in total. The standard InChI is InChI=1S/C14H12BrFN2O3/c1-21-13-11(15)7-17-12(18-13)10(14(19)20)6-8-2-4-9(16)5-3-8/h2-5,7,10H,6H2,1H3,(H,19,20). The van der Waals surface area contributed by atoms with E-state index >= 15 is 0 Å². The summed E-state index contributed by atoms with van der Waals surface area (Å²) in [7, 11) is 1.44. The molecule has 1 aromatic carbocycles. The van der Waals surface area contributed by atoms with Gasteiger partial charge in [-0.1, -0.05) is 12.1 Å². The summed E-state index contributed by atoms with van der Waals surface area (Å²) in [6.45, 7) is 0. The Labute approximate surface area is 128 Å². The molecule has 110 valence electrons. The molecule has 0 radical (unpaired) electrons. The van der Waals surface area contributed by atoms with Gasteiger partial charge in [0.05, 0.1) is 11.6 Å². The van der Waals surface area contributed by atoms with E-state index in [4.69, 9.17) is 4.74 Å². The number of methoxy groups -OCH3 is 1. The van der Waals surface area contributed by atoms with Crippen LogP contribution in [0.4, 0.5) is 4.39 Å². The molecule has 0 aliphatic rings. The number of aliphatic carboxylic acids is 1. The molecular weight excluding hydrogens is 343 g/mol. The first-order chi connectivity index (χ1) is 10.0. The number of ether oxygens (including phenoxy) is 1. The molecule has 0 saturated heterocycles. The third-order valence-corrected chi connectivity index (χ3v) is 3.43. The monoisotopic (exact) mass is 354 g/mol.